The van der Waals surface area contributed by atoms with Crippen molar-refractivity contribution in [3.8, 4) is 0 Å². The fourth-order valence-electron chi connectivity index (χ4n) is 1.62. The molecule has 1 aromatic rings. The molecule has 0 bridgehead atoms. The van der Waals surface area contributed by atoms with Gasteiger partial charge in [-0.3, -0.25) is 0 Å². The molecule has 3 N–H and O–H groups in total. The summed E-state index contributed by atoms with van der Waals surface area (Å²) in [4.78, 5) is 11.4. The van der Waals surface area contributed by atoms with E-state index in [0.717, 1.165) is 18.4 Å². The van der Waals surface area contributed by atoms with Gasteiger partial charge in [-0.2, -0.15) is 0 Å². The van der Waals surface area contributed by atoms with Crippen LogP contribution in [-0.2, 0) is 11.3 Å². The SMILES string of the molecule is N[C@H]1CC[C@@H]1NC(=O)OCc1ccccc1. The van der Waals surface area contributed by atoms with E-state index in [0.29, 0.717) is 6.61 Å². The second kappa shape index (κ2) is 4.99. The van der Waals surface area contributed by atoms with Crippen LogP contribution in [0.5, 0.6) is 0 Å². The predicted molar refractivity (Wildman–Crippen MR) is 60.8 cm³/mol. The molecule has 2 atom stereocenters. The topological polar surface area (TPSA) is 64.3 Å². The van der Waals surface area contributed by atoms with E-state index in [2.05, 4.69) is 5.32 Å². The molecule has 86 valence electrons. The van der Waals surface area contributed by atoms with E-state index in [1.807, 2.05) is 30.3 Å². The van der Waals surface area contributed by atoms with Crippen molar-refractivity contribution < 1.29 is 9.53 Å². The van der Waals surface area contributed by atoms with Crippen molar-refractivity contribution in [3.63, 3.8) is 0 Å². The van der Waals surface area contributed by atoms with E-state index in [1.165, 1.54) is 0 Å². The lowest BCUT2D eigenvalue weighted by atomic mass is 9.87. The average Bonchev–Trinajstić information content (AvgIpc) is 2.33. The summed E-state index contributed by atoms with van der Waals surface area (Å²) in [6.45, 7) is 0.300. The number of carbonyl (C=O) groups excluding carboxylic acids is 1. The Morgan fingerprint density at radius 3 is 2.69 bits per heavy atom. The second-order valence-electron chi connectivity index (χ2n) is 4.05. The van der Waals surface area contributed by atoms with Gasteiger partial charge < -0.3 is 15.8 Å². The van der Waals surface area contributed by atoms with Crippen molar-refractivity contribution in [2.24, 2.45) is 5.73 Å². The summed E-state index contributed by atoms with van der Waals surface area (Å²) in [6.07, 6.45) is 1.54. The number of ether oxygens (including phenoxy) is 1. The molecular weight excluding hydrogens is 204 g/mol. The minimum atomic E-state index is -0.385. The first-order chi connectivity index (χ1) is 7.75. The molecule has 0 radical (unpaired) electrons. The van der Waals surface area contributed by atoms with E-state index in [-0.39, 0.29) is 18.2 Å². The van der Waals surface area contributed by atoms with Crippen LogP contribution in [0.2, 0.25) is 0 Å². The predicted octanol–water partition coefficient (Wildman–Crippen LogP) is 1.40. The number of nitrogens with two attached hydrogens (primary N) is 1. The van der Waals surface area contributed by atoms with E-state index >= 15 is 0 Å². The zero-order valence-electron chi connectivity index (χ0n) is 9.06. The van der Waals surface area contributed by atoms with Crippen molar-refractivity contribution in [2.45, 2.75) is 31.5 Å². The number of alkyl carbamates (subject to hydrolysis) is 1. The molecule has 0 heterocycles. The number of amides is 1. The van der Waals surface area contributed by atoms with Crippen LogP contribution in [0.1, 0.15) is 18.4 Å². The van der Waals surface area contributed by atoms with Crippen LogP contribution in [0.15, 0.2) is 30.3 Å². The Labute approximate surface area is 94.8 Å². The summed E-state index contributed by atoms with van der Waals surface area (Å²) in [5, 5.41) is 2.75. The molecular formula is C12H16N2O2. The number of carbonyl (C=O) groups is 1. The Morgan fingerprint density at radius 1 is 1.38 bits per heavy atom. The first kappa shape index (κ1) is 11.0. The fraction of sp³-hybridized carbons (Fsp3) is 0.417. The van der Waals surface area contributed by atoms with Gasteiger partial charge in [-0.05, 0) is 18.4 Å². The van der Waals surface area contributed by atoms with Crippen LogP contribution >= 0.6 is 0 Å². The summed E-state index contributed by atoms with van der Waals surface area (Å²) < 4.78 is 5.08. The molecule has 4 nitrogen and oxygen atoms in total. The van der Waals surface area contributed by atoms with Gasteiger partial charge in [-0.1, -0.05) is 30.3 Å². The van der Waals surface area contributed by atoms with Crippen molar-refractivity contribution in [1.82, 2.24) is 5.32 Å². The first-order valence-corrected chi connectivity index (χ1v) is 5.48. The van der Waals surface area contributed by atoms with Gasteiger partial charge in [0.05, 0.1) is 0 Å². The van der Waals surface area contributed by atoms with Crippen LogP contribution < -0.4 is 11.1 Å². The maximum atomic E-state index is 11.4. The highest BCUT2D eigenvalue weighted by Crippen LogP contribution is 2.17. The highest BCUT2D eigenvalue weighted by atomic mass is 16.5. The van der Waals surface area contributed by atoms with Crippen molar-refractivity contribution >= 4 is 6.09 Å². The van der Waals surface area contributed by atoms with Gasteiger partial charge in [-0.25, -0.2) is 4.79 Å². The Hall–Kier alpha value is -1.55. The Bertz CT molecular complexity index is 353. The van der Waals surface area contributed by atoms with Gasteiger partial charge in [0.25, 0.3) is 0 Å². The van der Waals surface area contributed by atoms with E-state index in [1.54, 1.807) is 0 Å². The molecule has 0 aliphatic heterocycles. The molecule has 0 aromatic heterocycles. The lowest BCUT2D eigenvalue weighted by Crippen LogP contribution is -2.54. The molecule has 1 saturated carbocycles. The normalized spacial score (nSPS) is 23.3. The number of hydrogen-bond donors (Lipinski definition) is 2. The molecule has 16 heavy (non-hydrogen) atoms. The lowest BCUT2D eigenvalue weighted by molar-refractivity contribution is 0.127. The van der Waals surface area contributed by atoms with Crippen molar-refractivity contribution in [3.05, 3.63) is 35.9 Å². The molecule has 1 aliphatic carbocycles. The smallest absolute Gasteiger partial charge is 0.407 e. The van der Waals surface area contributed by atoms with Crippen LogP contribution in [0.25, 0.3) is 0 Å². The quantitative estimate of drug-likeness (QED) is 0.809. The molecule has 0 unspecified atom stereocenters. The molecule has 2 rings (SSSR count). The van der Waals surface area contributed by atoms with Gasteiger partial charge >= 0.3 is 6.09 Å². The van der Waals surface area contributed by atoms with Gasteiger partial charge in [0.15, 0.2) is 0 Å². The molecule has 4 heteroatoms. The minimum Gasteiger partial charge on any atom is -0.445 e. The third-order valence-electron chi connectivity index (χ3n) is 2.84. The maximum absolute atomic E-state index is 11.4. The summed E-state index contributed by atoms with van der Waals surface area (Å²) >= 11 is 0. The number of hydrogen-bond acceptors (Lipinski definition) is 3. The Kier molecular flexibility index (Phi) is 3.41. The standard InChI is InChI=1S/C12H16N2O2/c13-10-6-7-11(10)14-12(15)16-8-9-4-2-1-3-5-9/h1-5,10-11H,6-8,13H2,(H,14,15)/t10-,11-/m0/s1. The average molecular weight is 220 g/mol. The molecule has 0 spiro atoms. The molecule has 1 aliphatic rings. The van der Waals surface area contributed by atoms with Crippen LogP contribution in [0, 0.1) is 0 Å². The highest BCUT2D eigenvalue weighted by molar-refractivity contribution is 5.67. The van der Waals surface area contributed by atoms with Crippen LogP contribution in [-0.4, -0.2) is 18.2 Å². The third kappa shape index (κ3) is 2.73. The summed E-state index contributed by atoms with van der Waals surface area (Å²) in [7, 11) is 0. The molecule has 0 saturated heterocycles. The van der Waals surface area contributed by atoms with E-state index < -0.39 is 0 Å². The largest absolute Gasteiger partial charge is 0.445 e. The van der Waals surface area contributed by atoms with Crippen LogP contribution in [0.4, 0.5) is 4.79 Å². The Balaban J connectivity index is 1.72. The van der Waals surface area contributed by atoms with Gasteiger partial charge in [0.2, 0.25) is 0 Å². The number of nitrogens with one attached hydrogen (secondary N) is 1. The van der Waals surface area contributed by atoms with Gasteiger partial charge in [0.1, 0.15) is 6.61 Å². The fourth-order valence-corrected chi connectivity index (χ4v) is 1.62. The van der Waals surface area contributed by atoms with Crippen molar-refractivity contribution in [2.75, 3.05) is 0 Å². The van der Waals surface area contributed by atoms with Gasteiger partial charge in [-0.15, -0.1) is 0 Å². The summed E-state index contributed by atoms with van der Waals surface area (Å²) in [6, 6.07) is 9.77. The van der Waals surface area contributed by atoms with E-state index in [4.69, 9.17) is 10.5 Å². The van der Waals surface area contributed by atoms with Gasteiger partial charge in [0, 0.05) is 12.1 Å². The number of benzene rings is 1. The maximum Gasteiger partial charge on any atom is 0.407 e. The second-order valence-corrected chi connectivity index (χ2v) is 4.05. The molecule has 1 amide bonds. The summed E-state index contributed by atoms with van der Waals surface area (Å²) in [5.74, 6) is 0. The first-order valence-electron chi connectivity index (χ1n) is 5.48. The molecule has 1 aromatic carbocycles. The minimum absolute atomic E-state index is 0.0864. The summed E-state index contributed by atoms with van der Waals surface area (Å²) in [5.41, 5.74) is 6.69. The van der Waals surface area contributed by atoms with E-state index in [9.17, 15) is 4.79 Å². The number of rotatable bonds is 3. The van der Waals surface area contributed by atoms with Crippen molar-refractivity contribution in [1.29, 1.82) is 0 Å². The monoisotopic (exact) mass is 220 g/mol. The molecule has 1 fully saturated rings. The third-order valence-corrected chi connectivity index (χ3v) is 2.84. The van der Waals surface area contributed by atoms with Crippen LogP contribution in [0.3, 0.4) is 0 Å². The highest BCUT2D eigenvalue weighted by Gasteiger charge is 2.28. The Morgan fingerprint density at radius 2 is 2.12 bits per heavy atom. The zero-order chi connectivity index (χ0) is 11.4. The lowest BCUT2D eigenvalue weighted by Gasteiger charge is -2.33. The zero-order valence-corrected chi connectivity index (χ0v) is 9.06.